The van der Waals surface area contributed by atoms with Gasteiger partial charge < -0.3 is 4.98 Å². The predicted molar refractivity (Wildman–Crippen MR) is 85.5 cm³/mol. The van der Waals surface area contributed by atoms with Crippen molar-refractivity contribution in [3.05, 3.63) is 83.6 Å². The average molecular weight is 275 g/mol. The lowest BCUT2D eigenvalue weighted by Crippen LogP contribution is -2.04. The van der Waals surface area contributed by atoms with E-state index >= 15 is 0 Å². The van der Waals surface area contributed by atoms with Crippen LogP contribution in [0.15, 0.2) is 66.7 Å². The number of hydrogen-bond acceptors (Lipinski definition) is 1. The van der Waals surface area contributed by atoms with E-state index in [2.05, 4.69) is 18.0 Å². The summed E-state index contributed by atoms with van der Waals surface area (Å²) in [5.74, 6) is 0.0506. The van der Waals surface area contributed by atoms with Crippen LogP contribution >= 0.6 is 0 Å². The number of aromatic amines is 1. The molecule has 2 nitrogen and oxygen atoms in total. The van der Waals surface area contributed by atoms with Gasteiger partial charge in [-0.3, -0.25) is 4.79 Å². The molecule has 0 spiro atoms. The largest absolute Gasteiger partial charge is 0.352 e. The molecule has 104 valence electrons. The number of ketones is 1. The van der Waals surface area contributed by atoms with Crippen LogP contribution in [-0.4, -0.2) is 10.8 Å². The van der Waals surface area contributed by atoms with Crippen molar-refractivity contribution in [3.63, 3.8) is 0 Å². The zero-order valence-corrected chi connectivity index (χ0v) is 12.0. The standard InChI is InChI=1S/C19H17NO/c1-2-14-13-17(15-9-5-3-6-10-15)20-18(14)19(21)16-11-7-4-8-12-16/h3-13,20H,2H2,1H3. The molecule has 3 rings (SSSR count). The number of H-pyrrole nitrogens is 1. The summed E-state index contributed by atoms with van der Waals surface area (Å²) < 4.78 is 0. The van der Waals surface area contributed by atoms with Crippen molar-refractivity contribution in [2.24, 2.45) is 0 Å². The molecule has 2 aromatic carbocycles. The third kappa shape index (κ3) is 2.65. The molecule has 2 heteroatoms. The van der Waals surface area contributed by atoms with Crippen molar-refractivity contribution >= 4 is 5.78 Å². The van der Waals surface area contributed by atoms with Crippen LogP contribution in [0.25, 0.3) is 11.3 Å². The van der Waals surface area contributed by atoms with Crippen LogP contribution in [0.1, 0.15) is 28.5 Å². The number of hydrogen-bond donors (Lipinski definition) is 1. The van der Waals surface area contributed by atoms with Gasteiger partial charge in [0.2, 0.25) is 5.78 Å². The van der Waals surface area contributed by atoms with Crippen molar-refractivity contribution in [1.29, 1.82) is 0 Å². The van der Waals surface area contributed by atoms with Gasteiger partial charge in [-0.25, -0.2) is 0 Å². The van der Waals surface area contributed by atoms with Crippen LogP contribution in [0.4, 0.5) is 0 Å². The molecule has 21 heavy (non-hydrogen) atoms. The summed E-state index contributed by atoms with van der Waals surface area (Å²) in [6.07, 6.45) is 0.831. The maximum atomic E-state index is 12.6. The number of aryl methyl sites for hydroxylation is 1. The van der Waals surface area contributed by atoms with Crippen LogP contribution in [0, 0.1) is 0 Å². The van der Waals surface area contributed by atoms with Gasteiger partial charge in [0.05, 0.1) is 5.69 Å². The minimum Gasteiger partial charge on any atom is -0.352 e. The molecule has 0 aliphatic carbocycles. The van der Waals surface area contributed by atoms with Gasteiger partial charge in [-0.1, -0.05) is 67.6 Å². The van der Waals surface area contributed by atoms with Gasteiger partial charge in [0.25, 0.3) is 0 Å². The van der Waals surface area contributed by atoms with Crippen molar-refractivity contribution in [3.8, 4) is 11.3 Å². The Hall–Kier alpha value is -2.61. The van der Waals surface area contributed by atoms with Crippen LogP contribution in [0.5, 0.6) is 0 Å². The molecule has 0 unspecified atom stereocenters. The van der Waals surface area contributed by atoms with Gasteiger partial charge in [-0.2, -0.15) is 0 Å². The Bertz CT molecular complexity index is 742. The Morgan fingerprint density at radius 3 is 2.19 bits per heavy atom. The van der Waals surface area contributed by atoms with Gasteiger partial charge in [0.1, 0.15) is 0 Å². The van der Waals surface area contributed by atoms with Crippen molar-refractivity contribution < 1.29 is 4.79 Å². The third-order valence-corrected chi connectivity index (χ3v) is 3.63. The fourth-order valence-electron chi connectivity index (χ4n) is 2.49. The lowest BCUT2D eigenvalue weighted by Gasteiger charge is -2.01. The van der Waals surface area contributed by atoms with Crippen molar-refractivity contribution in [1.82, 2.24) is 4.98 Å². The molecule has 0 bridgehead atoms. The Kier molecular flexibility index (Phi) is 3.69. The first-order chi connectivity index (χ1) is 10.3. The van der Waals surface area contributed by atoms with E-state index in [0.29, 0.717) is 11.3 Å². The normalized spacial score (nSPS) is 10.5. The zero-order valence-electron chi connectivity index (χ0n) is 12.0. The van der Waals surface area contributed by atoms with E-state index in [0.717, 1.165) is 23.2 Å². The van der Waals surface area contributed by atoms with E-state index in [4.69, 9.17) is 0 Å². The van der Waals surface area contributed by atoms with E-state index in [1.54, 1.807) is 0 Å². The maximum Gasteiger partial charge on any atom is 0.209 e. The highest BCUT2D eigenvalue weighted by atomic mass is 16.1. The SMILES string of the molecule is CCc1cc(-c2ccccc2)[nH]c1C(=O)c1ccccc1. The summed E-state index contributed by atoms with van der Waals surface area (Å²) in [7, 11) is 0. The van der Waals surface area contributed by atoms with Crippen molar-refractivity contribution in [2.75, 3.05) is 0 Å². The van der Waals surface area contributed by atoms with Gasteiger partial charge in [-0.05, 0) is 23.6 Å². The summed E-state index contributed by atoms with van der Waals surface area (Å²) in [5.41, 5.74) is 4.56. The Morgan fingerprint density at radius 1 is 0.952 bits per heavy atom. The second kappa shape index (κ2) is 5.80. The first kappa shape index (κ1) is 13.4. The minimum absolute atomic E-state index is 0.0506. The summed E-state index contributed by atoms with van der Waals surface area (Å²) in [6.45, 7) is 2.07. The first-order valence-electron chi connectivity index (χ1n) is 7.16. The van der Waals surface area contributed by atoms with Gasteiger partial charge in [0, 0.05) is 11.3 Å². The zero-order chi connectivity index (χ0) is 14.7. The number of rotatable bonds is 4. The quantitative estimate of drug-likeness (QED) is 0.700. The molecule has 0 radical (unpaired) electrons. The Morgan fingerprint density at radius 2 is 1.57 bits per heavy atom. The third-order valence-electron chi connectivity index (χ3n) is 3.63. The highest BCUT2D eigenvalue weighted by Crippen LogP contribution is 2.24. The Labute approximate surface area is 124 Å². The molecule has 0 amide bonds. The molecule has 0 aliphatic heterocycles. The smallest absolute Gasteiger partial charge is 0.209 e. The van der Waals surface area contributed by atoms with E-state index in [1.807, 2.05) is 60.7 Å². The van der Waals surface area contributed by atoms with Crippen LogP contribution in [0.3, 0.4) is 0 Å². The minimum atomic E-state index is 0.0506. The maximum absolute atomic E-state index is 12.6. The molecule has 0 saturated heterocycles. The predicted octanol–water partition coefficient (Wildman–Crippen LogP) is 4.48. The molecule has 1 aromatic heterocycles. The second-order valence-electron chi connectivity index (χ2n) is 5.00. The van der Waals surface area contributed by atoms with Gasteiger partial charge >= 0.3 is 0 Å². The number of carbonyl (C=O) groups excluding carboxylic acids is 1. The summed E-state index contributed by atoms with van der Waals surface area (Å²) in [5, 5.41) is 0. The summed E-state index contributed by atoms with van der Waals surface area (Å²) in [6, 6.07) is 21.6. The van der Waals surface area contributed by atoms with Crippen LogP contribution in [-0.2, 0) is 6.42 Å². The highest BCUT2D eigenvalue weighted by Gasteiger charge is 2.16. The first-order valence-corrected chi connectivity index (χ1v) is 7.16. The molecule has 3 aromatic rings. The van der Waals surface area contributed by atoms with Crippen LogP contribution < -0.4 is 0 Å². The lowest BCUT2D eigenvalue weighted by molar-refractivity contribution is 0.103. The number of nitrogens with one attached hydrogen (secondary N) is 1. The molecule has 0 fully saturated rings. The fraction of sp³-hybridized carbons (Fsp3) is 0.105. The van der Waals surface area contributed by atoms with Gasteiger partial charge in [-0.15, -0.1) is 0 Å². The highest BCUT2D eigenvalue weighted by molar-refractivity contribution is 6.09. The van der Waals surface area contributed by atoms with Crippen molar-refractivity contribution in [2.45, 2.75) is 13.3 Å². The fourth-order valence-corrected chi connectivity index (χ4v) is 2.49. The molecule has 1 N–H and O–H groups in total. The number of carbonyl (C=O) groups is 1. The van der Waals surface area contributed by atoms with E-state index in [-0.39, 0.29) is 5.78 Å². The molecular formula is C19H17NO. The van der Waals surface area contributed by atoms with E-state index in [1.165, 1.54) is 0 Å². The summed E-state index contributed by atoms with van der Waals surface area (Å²) >= 11 is 0. The number of aromatic nitrogens is 1. The molecule has 0 aliphatic rings. The number of benzene rings is 2. The second-order valence-corrected chi connectivity index (χ2v) is 5.00. The molecule has 0 atom stereocenters. The summed E-state index contributed by atoms with van der Waals surface area (Å²) in [4.78, 5) is 15.9. The van der Waals surface area contributed by atoms with Crippen LogP contribution in [0.2, 0.25) is 0 Å². The average Bonchev–Trinajstić information content (AvgIpc) is 3.00. The van der Waals surface area contributed by atoms with E-state index in [9.17, 15) is 4.79 Å². The monoisotopic (exact) mass is 275 g/mol. The topological polar surface area (TPSA) is 32.9 Å². The van der Waals surface area contributed by atoms with Gasteiger partial charge in [0.15, 0.2) is 0 Å². The molecule has 0 saturated carbocycles. The molecular weight excluding hydrogens is 258 g/mol. The molecule has 1 heterocycles. The Balaban J connectivity index is 2.03. The lowest BCUT2D eigenvalue weighted by atomic mass is 10.0. The van der Waals surface area contributed by atoms with E-state index < -0.39 is 0 Å².